The maximum Gasteiger partial charge on any atom is 0.243 e. The molecule has 112 valence electrons. The number of H-pyrrole nitrogens is 1. The third-order valence-corrected chi connectivity index (χ3v) is 5.48. The second kappa shape index (κ2) is 5.24. The van der Waals surface area contributed by atoms with E-state index in [1.54, 1.807) is 18.2 Å². The van der Waals surface area contributed by atoms with E-state index >= 15 is 0 Å². The molecule has 0 unspecified atom stereocenters. The zero-order valence-electron chi connectivity index (χ0n) is 11.2. The van der Waals surface area contributed by atoms with Crippen molar-refractivity contribution >= 4 is 44.1 Å². The van der Waals surface area contributed by atoms with Crippen molar-refractivity contribution in [1.29, 1.82) is 0 Å². The summed E-state index contributed by atoms with van der Waals surface area (Å²) in [5.41, 5.74) is 6.15. The molecule has 1 aliphatic heterocycles. The van der Waals surface area contributed by atoms with Gasteiger partial charge in [-0.1, -0.05) is 0 Å². The number of rotatable bonds is 3. The molecule has 0 atom stereocenters. The zero-order valence-corrected chi connectivity index (χ0v) is 12.8. The summed E-state index contributed by atoms with van der Waals surface area (Å²) in [5.74, 6) is 0.427. The Morgan fingerprint density at radius 1 is 1.38 bits per heavy atom. The van der Waals surface area contributed by atoms with Crippen LogP contribution in [0.2, 0.25) is 0 Å². The molecule has 1 aromatic heterocycles. The summed E-state index contributed by atoms with van der Waals surface area (Å²) in [6, 6.07) is 4.86. The lowest BCUT2D eigenvalue weighted by Gasteiger charge is -2.15. The number of sulfonamides is 1. The predicted octanol–water partition coefficient (Wildman–Crippen LogP) is 1.00. The molecule has 1 aliphatic rings. The predicted molar refractivity (Wildman–Crippen MR) is 84.5 cm³/mol. The minimum Gasteiger partial charge on any atom is -0.376 e. The average Bonchev–Trinajstić information content (AvgIpc) is 3.08. The molecule has 1 aromatic carbocycles. The van der Waals surface area contributed by atoms with Crippen molar-refractivity contribution in [2.45, 2.75) is 17.7 Å². The van der Waals surface area contributed by atoms with Gasteiger partial charge in [0, 0.05) is 18.5 Å². The summed E-state index contributed by atoms with van der Waals surface area (Å²) in [6.07, 6.45) is 1.81. The van der Waals surface area contributed by atoms with Gasteiger partial charge in [0.15, 0.2) is 10.9 Å². The summed E-state index contributed by atoms with van der Waals surface area (Å²) in [7, 11) is -3.45. The molecule has 0 aliphatic carbocycles. The molecule has 21 heavy (non-hydrogen) atoms. The minimum atomic E-state index is -3.45. The van der Waals surface area contributed by atoms with Crippen LogP contribution >= 0.6 is 12.2 Å². The van der Waals surface area contributed by atoms with Crippen LogP contribution in [-0.2, 0) is 10.0 Å². The Hall–Kier alpha value is -1.71. The standard InChI is InChI=1S/C12H15N5O2S2/c13-12(20)14-11-9-7-8(3-4-10(9)15-16-11)21(18,19)17-5-1-2-6-17/h3-4,7H,1-2,5-6H2,(H4,13,14,15,16,20). The lowest BCUT2D eigenvalue weighted by Crippen LogP contribution is -2.27. The SMILES string of the molecule is NC(=S)Nc1n[nH]c2ccc(S(=O)(=O)N3CCCC3)cc12. The number of nitrogens with one attached hydrogen (secondary N) is 2. The van der Waals surface area contributed by atoms with E-state index in [2.05, 4.69) is 15.5 Å². The molecule has 1 saturated heterocycles. The van der Waals surface area contributed by atoms with Gasteiger partial charge in [0.2, 0.25) is 10.0 Å². The summed E-state index contributed by atoms with van der Waals surface area (Å²) in [4.78, 5) is 0.254. The highest BCUT2D eigenvalue weighted by atomic mass is 32.2. The molecule has 0 saturated carbocycles. The maximum absolute atomic E-state index is 12.6. The van der Waals surface area contributed by atoms with Gasteiger partial charge in [-0.05, 0) is 43.3 Å². The summed E-state index contributed by atoms with van der Waals surface area (Å²) < 4.78 is 26.6. The van der Waals surface area contributed by atoms with Gasteiger partial charge in [-0.15, -0.1) is 0 Å². The number of aromatic amines is 1. The monoisotopic (exact) mass is 325 g/mol. The van der Waals surface area contributed by atoms with Gasteiger partial charge >= 0.3 is 0 Å². The van der Waals surface area contributed by atoms with Gasteiger partial charge in [0.05, 0.1) is 10.4 Å². The number of thiocarbonyl (C=S) groups is 1. The number of nitrogens with zero attached hydrogens (tertiary/aromatic N) is 2. The number of fused-ring (bicyclic) bond motifs is 1. The number of benzene rings is 1. The smallest absolute Gasteiger partial charge is 0.243 e. The van der Waals surface area contributed by atoms with Gasteiger partial charge < -0.3 is 11.1 Å². The molecule has 0 amide bonds. The number of nitrogens with two attached hydrogens (primary N) is 1. The minimum absolute atomic E-state index is 0.0798. The molecule has 4 N–H and O–H groups in total. The van der Waals surface area contributed by atoms with Gasteiger partial charge in [-0.2, -0.15) is 9.40 Å². The van der Waals surface area contributed by atoms with Crippen LogP contribution in [0, 0.1) is 0 Å². The molecule has 3 rings (SSSR count). The van der Waals surface area contributed by atoms with Crippen molar-refractivity contribution in [2.24, 2.45) is 5.73 Å². The second-order valence-corrected chi connectivity index (χ2v) is 7.26. The first kappa shape index (κ1) is 14.2. The van der Waals surface area contributed by atoms with Crippen LogP contribution in [0.3, 0.4) is 0 Å². The fourth-order valence-electron chi connectivity index (χ4n) is 2.44. The van der Waals surface area contributed by atoms with E-state index in [-0.39, 0.29) is 10.0 Å². The Balaban J connectivity index is 2.05. The number of hydrogen-bond acceptors (Lipinski definition) is 4. The average molecular weight is 325 g/mol. The topological polar surface area (TPSA) is 104 Å². The van der Waals surface area contributed by atoms with E-state index < -0.39 is 10.0 Å². The Labute approximate surface area is 127 Å². The van der Waals surface area contributed by atoms with Gasteiger partial charge in [0.25, 0.3) is 0 Å². The largest absolute Gasteiger partial charge is 0.376 e. The van der Waals surface area contributed by atoms with Crippen molar-refractivity contribution in [3.63, 3.8) is 0 Å². The molecule has 2 aromatic rings. The van der Waals surface area contributed by atoms with Crippen LogP contribution in [0.4, 0.5) is 5.82 Å². The Morgan fingerprint density at radius 2 is 2.10 bits per heavy atom. The summed E-state index contributed by atoms with van der Waals surface area (Å²) in [5, 5.41) is 10.3. The van der Waals surface area contributed by atoms with E-state index in [0.29, 0.717) is 29.8 Å². The summed E-state index contributed by atoms with van der Waals surface area (Å²) >= 11 is 4.79. The first-order chi connectivity index (χ1) is 9.98. The van der Waals surface area contributed by atoms with Crippen molar-refractivity contribution in [2.75, 3.05) is 18.4 Å². The summed E-state index contributed by atoms with van der Waals surface area (Å²) in [6.45, 7) is 1.15. The quantitative estimate of drug-likeness (QED) is 0.727. The van der Waals surface area contributed by atoms with Gasteiger partial charge in [-0.25, -0.2) is 8.42 Å². The normalized spacial score (nSPS) is 16.4. The van der Waals surface area contributed by atoms with E-state index in [9.17, 15) is 8.42 Å². The highest BCUT2D eigenvalue weighted by Crippen LogP contribution is 2.27. The van der Waals surface area contributed by atoms with Crippen LogP contribution in [0.25, 0.3) is 10.9 Å². The number of aromatic nitrogens is 2. The molecule has 1 fully saturated rings. The van der Waals surface area contributed by atoms with Crippen molar-refractivity contribution < 1.29 is 8.42 Å². The van der Waals surface area contributed by atoms with Crippen molar-refractivity contribution in [3.05, 3.63) is 18.2 Å². The third-order valence-electron chi connectivity index (χ3n) is 3.48. The van der Waals surface area contributed by atoms with Crippen LogP contribution in [0.5, 0.6) is 0 Å². The van der Waals surface area contributed by atoms with Crippen molar-refractivity contribution in [3.8, 4) is 0 Å². The molecule has 0 spiro atoms. The lowest BCUT2D eigenvalue weighted by atomic mass is 10.2. The van der Waals surface area contributed by atoms with Gasteiger partial charge in [0.1, 0.15) is 0 Å². The van der Waals surface area contributed by atoms with Crippen LogP contribution < -0.4 is 11.1 Å². The molecule has 2 heterocycles. The van der Waals surface area contributed by atoms with E-state index in [1.165, 1.54) is 4.31 Å². The fourth-order valence-corrected chi connectivity index (χ4v) is 4.08. The van der Waals surface area contributed by atoms with E-state index in [1.807, 2.05) is 0 Å². The Bertz CT molecular complexity index is 793. The van der Waals surface area contributed by atoms with E-state index in [4.69, 9.17) is 18.0 Å². The van der Waals surface area contributed by atoms with Crippen LogP contribution in [0.1, 0.15) is 12.8 Å². The lowest BCUT2D eigenvalue weighted by molar-refractivity contribution is 0.477. The maximum atomic E-state index is 12.6. The highest BCUT2D eigenvalue weighted by molar-refractivity contribution is 7.89. The van der Waals surface area contributed by atoms with E-state index in [0.717, 1.165) is 12.8 Å². The molecule has 9 heteroatoms. The Kier molecular flexibility index (Phi) is 3.56. The zero-order chi connectivity index (χ0) is 15.0. The molecular formula is C12H15N5O2S2. The molecule has 0 bridgehead atoms. The first-order valence-electron chi connectivity index (χ1n) is 6.53. The molecular weight excluding hydrogens is 310 g/mol. The Morgan fingerprint density at radius 3 is 2.76 bits per heavy atom. The van der Waals surface area contributed by atoms with Gasteiger partial charge in [-0.3, -0.25) is 5.10 Å². The fraction of sp³-hybridized carbons (Fsp3) is 0.333. The van der Waals surface area contributed by atoms with Crippen LogP contribution in [-0.4, -0.2) is 41.1 Å². The highest BCUT2D eigenvalue weighted by Gasteiger charge is 2.27. The third kappa shape index (κ3) is 2.59. The molecule has 0 radical (unpaired) electrons. The first-order valence-corrected chi connectivity index (χ1v) is 8.38. The number of hydrogen-bond donors (Lipinski definition) is 3. The number of anilines is 1. The van der Waals surface area contributed by atoms with Crippen molar-refractivity contribution in [1.82, 2.24) is 14.5 Å². The molecule has 7 nitrogen and oxygen atoms in total. The van der Waals surface area contributed by atoms with Crippen LogP contribution in [0.15, 0.2) is 23.1 Å². The second-order valence-electron chi connectivity index (χ2n) is 4.88.